The maximum absolute atomic E-state index is 12.0. The van der Waals surface area contributed by atoms with Gasteiger partial charge in [-0.05, 0) is 32.7 Å². The summed E-state index contributed by atoms with van der Waals surface area (Å²) in [4.78, 5) is 12.0. The summed E-state index contributed by atoms with van der Waals surface area (Å²) in [5, 5.41) is 15.2. The molecule has 0 spiro atoms. The molecule has 1 rings (SSSR count). The summed E-state index contributed by atoms with van der Waals surface area (Å²) in [6.07, 6.45) is 2.38. The number of nitrogens with one attached hydrogen (secondary N) is 2. The van der Waals surface area contributed by atoms with E-state index in [9.17, 15) is 4.79 Å². The number of carbonyl (C=O) groups excluding carboxylic acids is 1. The van der Waals surface area contributed by atoms with E-state index < -0.39 is 6.10 Å². The maximum Gasteiger partial charge on any atom is 0.227 e. The number of piperidine rings is 1. The van der Waals surface area contributed by atoms with E-state index in [0.29, 0.717) is 6.54 Å². The van der Waals surface area contributed by atoms with Gasteiger partial charge in [0.25, 0.3) is 0 Å². The van der Waals surface area contributed by atoms with Crippen molar-refractivity contribution < 1.29 is 9.90 Å². The van der Waals surface area contributed by atoms with E-state index >= 15 is 0 Å². The molecule has 88 valence electrons. The summed E-state index contributed by atoms with van der Waals surface area (Å²) >= 11 is 0. The minimum Gasteiger partial charge on any atom is -0.392 e. The fourth-order valence-corrected chi connectivity index (χ4v) is 2.05. The molecule has 0 saturated carbocycles. The molecule has 4 heteroatoms. The molecule has 15 heavy (non-hydrogen) atoms. The molecule has 1 heterocycles. The van der Waals surface area contributed by atoms with E-state index in [0.717, 1.165) is 32.4 Å². The molecular weight excluding hydrogens is 192 g/mol. The lowest BCUT2D eigenvalue weighted by Gasteiger charge is -2.35. The number of aliphatic hydroxyl groups excluding tert-OH is 1. The summed E-state index contributed by atoms with van der Waals surface area (Å²) in [7, 11) is 0. The minimum atomic E-state index is -0.473. The van der Waals surface area contributed by atoms with Crippen LogP contribution in [0.2, 0.25) is 0 Å². The van der Waals surface area contributed by atoms with Crippen LogP contribution >= 0.6 is 0 Å². The van der Waals surface area contributed by atoms with Gasteiger partial charge in [0.1, 0.15) is 0 Å². The molecular formula is C11H22N2O2. The summed E-state index contributed by atoms with van der Waals surface area (Å²) in [6, 6.07) is 0. The molecule has 1 saturated heterocycles. The van der Waals surface area contributed by atoms with Crippen LogP contribution in [0.4, 0.5) is 0 Å². The average molecular weight is 214 g/mol. The first kappa shape index (κ1) is 12.5. The monoisotopic (exact) mass is 214 g/mol. The summed E-state index contributed by atoms with van der Waals surface area (Å²) in [6.45, 7) is 5.84. The zero-order valence-corrected chi connectivity index (χ0v) is 9.68. The number of carbonyl (C=O) groups is 1. The van der Waals surface area contributed by atoms with E-state index in [1.807, 2.05) is 0 Å². The van der Waals surface area contributed by atoms with Crippen molar-refractivity contribution >= 4 is 5.91 Å². The molecule has 0 aliphatic carbocycles. The second-order valence-electron chi connectivity index (χ2n) is 4.47. The first-order chi connectivity index (χ1) is 7.10. The first-order valence-corrected chi connectivity index (χ1v) is 5.78. The van der Waals surface area contributed by atoms with Crippen molar-refractivity contribution in [2.24, 2.45) is 5.41 Å². The van der Waals surface area contributed by atoms with Crippen molar-refractivity contribution in [1.82, 2.24) is 10.6 Å². The van der Waals surface area contributed by atoms with Gasteiger partial charge < -0.3 is 15.7 Å². The molecule has 1 fully saturated rings. The molecule has 1 aliphatic heterocycles. The maximum atomic E-state index is 12.0. The second-order valence-corrected chi connectivity index (χ2v) is 4.47. The molecule has 1 amide bonds. The van der Waals surface area contributed by atoms with Crippen LogP contribution in [0.1, 0.15) is 33.1 Å². The van der Waals surface area contributed by atoms with Gasteiger partial charge in [0, 0.05) is 13.1 Å². The van der Waals surface area contributed by atoms with E-state index in [1.54, 1.807) is 6.92 Å². The third-order valence-corrected chi connectivity index (χ3v) is 3.19. The lowest BCUT2D eigenvalue weighted by atomic mass is 9.77. The molecule has 0 aromatic heterocycles. The zero-order valence-electron chi connectivity index (χ0n) is 9.68. The molecule has 1 unspecified atom stereocenters. The number of hydrogen-bond acceptors (Lipinski definition) is 3. The predicted octanol–water partition coefficient (Wildman–Crippen LogP) is 0.263. The fraction of sp³-hybridized carbons (Fsp3) is 0.909. The Bertz CT molecular complexity index is 211. The van der Waals surface area contributed by atoms with Crippen LogP contribution in [-0.2, 0) is 4.79 Å². The van der Waals surface area contributed by atoms with Gasteiger partial charge in [-0.1, -0.05) is 6.92 Å². The second kappa shape index (κ2) is 5.47. The largest absolute Gasteiger partial charge is 0.392 e. The van der Waals surface area contributed by atoms with Crippen molar-refractivity contribution in [1.29, 1.82) is 0 Å². The van der Waals surface area contributed by atoms with Crippen LogP contribution in [0.15, 0.2) is 0 Å². The van der Waals surface area contributed by atoms with Crippen molar-refractivity contribution in [3.05, 3.63) is 0 Å². The Kier molecular flexibility index (Phi) is 4.54. The fourth-order valence-electron chi connectivity index (χ4n) is 2.05. The van der Waals surface area contributed by atoms with Crippen LogP contribution < -0.4 is 10.6 Å². The van der Waals surface area contributed by atoms with Gasteiger partial charge >= 0.3 is 0 Å². The Labute approximate surface area is 91.4 Å². The highest BCUT2D eigenvalue weighted by molar-refractivity contribution is 5.83. The molecule has 0 radical (unpaired) electrons. The van der Waals surface area contributed by atoms with Crippen LogP contribution in [0.5, 0.6) is 0 Å². The first-order valence-electron chi connectivity index (χ1n) is 5.78. The number of rotatable bonds is 4. The van der Waals surface area contributed by atoms with Crippen LogP contribution in [-0.4, -0.2) is 36.8 Å². The lowest BCUT2D eigenvalue weighted by Crippen LogP contribution is -2.51. The van der Waals surface area contributed by atoms with Crippen LogP contribution in [0.3, 0.4) is 0 Å². The summed E-state index contributed by atoms with van der Waals surface area (Å²) in [5.74, 6) is 0.0816. The number of amides is 1. The van der Waals surface area contributed by atoms with Crippen LogP contribution in [0.25, 0.3) is 0 Å². The van der Waals surface area contributed by atoms with Gasteiger partial charge in [0.15, 0.2) is 0 Å². The number of aliphatic hydroxyl groups is 1. The molecule has 1 aliphatic rings. The standard InChI is InChI=1S/C11H22N2O2/c1-3-11(5-4-6-12-8-11)10(15)13-7-9(2)14/h9,12,14H,3-8H2,1-2H3,(H,13,15)/t9-,11?/m0/s1. The molecule has 2 atom stereocenters. The molecule has 3 N–H and O–H groups in total. The highest BCUT2D eigenvalue weighted by Crippen LogP contribution is 2.30. The molecule has 0 aromatic rings. The highest BCUT2D eigenvalue weighted by Gasteiger charge is 2.37. The summed E-state index contributed by atoms with van der Waals surface area (Å²) in [5.41, 5.74) is -0.257. The van der Waals surface area contributed by atoms with E-state index in [1.165, 1.54) is 0 Å². The quantitative estimate of drug-likeness (QED) is 0.629. The highest BCUT2D eigenvalue weighted by atomic mass is 16.3. The van der Waals surface area contributed by atoms with E-state index in [-0.39, 0.29) is 11.3 Å². The van der Waals surface area contributed by atoms with Gasteiger partial charge in [0.05, 0.1) is 11.5 Å². The van der Waals surface area contributed by atoms with Crippen LogP contribution in [0, 0.1) is 5.41 Å². The SMILES string of the molecule is CCC1(C(=O)NC[C@H](C)O)CCCNC1. The summed E-state index contributed by atoms with van der Waals surface area (Å²) < 4.78 is 0. The third kappa shape index (κ3) is 3.18. The van der Waals surface area contributed by atoms with Crippen molar-refractivity contribution in [3.8, 4) is 0 Å². The van der Waals surface area contributed by atoms with Crippen molar-refractivity contribution in [3.63, 3.8) is 0 Å². The Morgan fingerprint density at radius 1 is 1.67 bits per heavy atom. The Hall–Kier alpha value is -0.610. The Morgan fingerprint density at radius 3 is 2.87 bits per heavy atom. The Morgan fingerprint density at radius 2 is 2.40 bits per heavy atom. The minimum absolute atomic E-state index is 0.0816. The predicted molar refractivity (Wildman–Crippen MR) is 59.5 cm³/mol. The molecule has 0 bridgehead atoms. The topological polar surface area (TPSA) is 61.4 Å². The van der Waals surface area contributed by atoms with Gasteiger partial charge in [-0.2, -0.15) is 0 Å². The van der Waals surface area contributed by atoms with E-state index in [4.69, 9.17) is 5.11 Å². The van der Waals surface area contributed by atoms with Gasteiger partial charge in [-0.15, -0.1) is 0 Å². The van der Waals surface area contributed by atoms with Crippen molar-refractivity contribution in [2.75, 3.05) is 19.6 Å². The normalized spacial score (nSPS) is 28.5. The lowest BCUT2D eigenvalue weighted by molar-refractivity contribution is -0.132. The molecule has 4 nitrogen and oxygen atoms in total. The van der Waals surface area contributed by atoms with Gasteiger partial charge in [-0.25, -0.2) is 0 Å². The van der Waals surface area contributed by atoms with Crippen molar-refractivity contribution in [2.45, 2.75) is 39.2 Å². The third-order valence-electron chi connectivity index (χ3n) is 3.19. The Balaban J connectivity index is 2.52. The average Bonchev–Trinajstić information content (AvgIpc) is 2.26. The van der Waals surface area contributed by atoms with Gasteiger partial charge in [-0.3, -0.25) is 4.79 Å². The zero-order chi connectivity index (χ0) is 11.3. The van der Waals surface area contributed by atoms with Gasteiger partial charge in [0.2, 0.25) is 5.91 Å². The number of hydrogen-bond donors (Lipinski definition) is 3. The molecule has 0 aromatic carbocycles. The van der Waals surface area contributed by atoms with E-state index in [2.05, 4.69) is 17.6 Å². The smallest absolute Gasteiger partial charge is 0.227 e.